The van der Waals surface area contributed by atoms with Crippen LogP contribution in [-0.2, 0) is 4.79 Å². The molecule has 1 saturated heterocycles. The summed E-state index contributed by atoms with van der Waals surface area (Å²) >= 11 is 3.31. The fourth-order valence-electron chi connectivity index (χ4n) is 2.41. The van der Waals surface area contributed by atoms with Gasteiger partial charge in [0.15, 0.2) is 0 Å². The maximum absolute atomic E-state index is 12.1. The Bertz CT molecular complexity index is 504. The van der Waals surface area contributed by atoms with Gasteiger partial charge in [0.1, 0.15) is 0 Å². The fraction of sp³-hybridized carbons (Fsp3) is 0.467. The van der Waals surface area contributed by atoms with Gasteiger partial charge in [-0.2, -0.15) is 0 Å². The first-order valence-electron chi connectivity index (χ1n) is 7.02. The molecular formula is C15H19BrN2O3. The van der Waals surface area contributed by atoms with Gasteiger partial charge in [-0.3, -0.25) is 9.59 Å². The summed E-state index contributed by atoms with van der Waals surface area (Å²) in [4.78, 5) is 25.7. The number of carbonyl (C=O) groups excluding carboxylic acids is 2. The van der Waals surface area contributed by atoms with E-state index in [1.165, 1.54) is 0 Å². The Labute approximate surface area is 132 Å². The largest absolute Gasteiger partial charge is 0.396 e. The van der Waals surface area contributed by atoms with E-state index >= 15 is 0 Å². The predicted octanol–water partition coefficient (Wildman–Crippen LogP) is 1.41. The van der Waals surface area contributed by atoms with Crippen molar-refractivity contribution in [2.45, 2.75) is 12.8 Å². The number of hydrogen-bond acceptors (Lipinski definition) is 3. The zero-order chi connectivity index (χ0) is 15.2. The molecule has 1 aromatic rings. The van der Waals surface area contributed by atoms with E-state index in [0.717, 1.165) is 17.3 Å². The van der Waals surface area contributed by atoms with Crippen molar-refractivity contribution in [2.75, 3.05) is 26.2 Å². The zero-order valence-corrected chi connectivity index (χ0v) is 13.3. The summed E-state index contributed by atoms with van der Waals surface area (Å²) in [6, 6.07) is 6.97. The van der Waals surface area contributed by atoms with Gasteiger partial charge in [-0.25, -0.2) is 0 Å². The Kier molecular flexibility index (Phi) is 5.76. The van der Waals surface area contributed by atoms with E-state index in [9.17, 15) is 9.59 Å². The molecule has 0 radical (unpaired) electrons. The number of likely N-dealkylation sites (tertiary alicyclic amines) is 1. The maximum Gasteiger partial charge on any atom is 0.251 e. The van der Waals surface area contributed by atoms with E-state index in [-0.39, 0.29) is 30.9 Å². The summed E-state index contributed by atoms with van der Waals surface area (Å²) in [6.45, 7) is 1.37. The second-order valence-corrected chi connectivity index (χ2v) is 6.14. The van der Waals surface area contributed by atoms with E-state index < -0.39 is 0 Å². The molecule has 0 aromatic heterocycles. The minimum Gasteiger partial charge on any atom is -0.396 e. The number of rotatable bonds is 4. The van der Waals surface area contributed by atoms with Crippen molar-refractivity contribution < 1.29 is 14.7 Å². The number of aliphatic hydroxyl groups excluding tert-OH is 1. The number of benzene rings is 1. The van der Waals surface area contributed by atoms with Gasteiger partial charge in [0.2, 0.25) is 5.91 Å². The molecule has 2 N–H and O–H groups in total. The van der Waals surface area contributed by atoms with E-state index in [1.807, 2.05) is 0 Å². The first kappa shape index (κ1) is 16.0. The first-order chi connectivity index (χ1) is 10.1. The molecule has 1 heterocycles. The summed E-state index contributed by atoms with van der Waals surface area (Å²) in [7, 11) is 0. The van der Waals surface area contributed by atoms with Gasteiger partial charge in [0.05, 0.1) is 6.54 Å². The van der Waals surface area contributed by atoms with Crippen LogP contribution in [0.15, 0.2) is 28.7 Å². The highest BCUT2D eigenvalue weighted by Gasteiger charge is 2.23. The fourth-order valence-corrected chi connectivity index (χ4v) is 2.68. The quantitative estimate of drug-likeness (QED) is 0.858. The van der Waals surface area contributed by atoms with Gasteiger partial charge < -0.3 is 15.3 Å². The van der Waals surface area contributed by atoms with Crippen molar-refractivity contribution in [3.05, 3.63) is 34.3 Å². The Morgan fingerprint density at radius 3 is 2.71 bits per heavy atom. The number of nitrogens with zero attached hydrogens (tertiary/aromatic N) is 1. The van der Waals surface area contributed by atoms with E-state index in [2.05, 4.69) is 21.2 Å². The Morgan fingerprint density at radius 1 is 1.33 bits per heavy atom. The lowest BCUT2D eigenvalue weighted by Crippen LogP contribution is -2.45. The summed E-state index contributed by atoms with van der Waals surface area (Å²) in [5.41, 5.74) is 0.526. The van der Waals surface area contributed by atoms with Crippen molar-refractivity contribution in [1.29, 1.82) is 0 Å². The number of hydrogen-bond donors (Lipinski definition) is 2. The SMILES string of the molecule is O=C(NCC(=O)N1CCCC(CO)C1)c1ccc(Br)cc1. The number of nitrogens with one attached hydrogen (secondary N) is 1. The standard InChI is InChI=1S/C15H19BrN2O3/c16-13-5-3-12(4-6-13)15(21)17-8-14(20)18-7-1-2-11(9-18)10-19/h3-6,11,19H,1-2,7-10H2,(H,17,21). The molecule has 1 atom stereocenters. The molecule has 1 aliphatic rings. The minimum atomic E-state index is -0.258. The van der Waals surface area contributed by atoms with Crippen LogP contribution in [0.5, 0.6) is 0 Å². The smallest absolute Gasteiger partial charge is 0.251 e. The summed E-state index contributed by atoms with van der Waals surface area (Å²) in [6.07, 6.45) is 1.85. The van der Waals surface area contributed by atoms with Crippen molar-refractivity contribution in [2.24, 2.45) is 5.92 Å². The second kappa shape index (κ2) is 7.56. The van der Waals surface area contributed by atoms with Gasteiger partial charge in [-0.1, -0.05) is 15.9 Å². The van der Waals surface area contributed by atoms with E-state index in [4.69, 9.17) is 5.11 Å². The predicted molar refractivity (Wildman–Crippen MR) is 82.9 cm³/mol. The van der Waals surface area contributed by atoms with Crippen LogP contribution in [0.1, 0.15) is 23.2 Å². The van der Waals surface area contributed by atoms with E-state index in [1.54, 1.807) is 29.2 Å². The van der Waals surface area contributed by atoms with Crippen molar-refractivity contribution >= 4 is 27.7 Å². The summed E-state index contributed by atoms with van der Waals surface area (Å²) < 4.78 is 0.901. The van der Waals surface area contributed by atoms with Crippen LogP contribution in [0, 0.1) is 5.92 Å². The molecule has 21 heavy (non-hydrogen) atoms. The van der Waals surface area contributed by atoms with Crippen LogP contribution < -0.4 is 5.32 Å². The second-order valence-electron chi connectivity index (χ2n) is 5.22. The molecule has 0 bridgehead atoms. The van der Waals surface area contributed by atoms with E-state index in [0.29, 0.717) is 18.7 Å². The van der Waals surface area contributed by atoms with Crippen molar-refractivity contribution in [3.8, 4) is 0 Å². The molecule has 1 fully saturated rings. The molecule has 114 valence electrons. The van der Waals surface area contributed by atoms with Crippen LogP contribution in [-0.4, -0.2) is 48.1 Å². The van der Waals surface area contributed by atoms with Gasteiger partial charge >= 0.3 is 0 Å². The summed E-state index contributed by atoms with van der Waals surface area (Å²) in [5.74, 6) is -0.199. The molecule has 0 spiro atoms. The number of carbonyl (C=O) groups is 2. The molecule has 0 aliphatic carbocycles. The highest BCUT2D eigenvalue weighted by atomic mass is 79.9. The van der Waals surface area contributed by atoms with Gasteiger partial charge in [0, 0.05) is 29.7 Å². The number of piperidine rings is 1. The van der Waals surface area contributed by atoms with Crippen molar-refractivity contribution in [3.63, 3.8) is 0 Å². The summed E-state index contributed by atoms with van der Waals surface area (Å²) in [5, 5.41) is 11.8. The molecule has 5 nitrogen and oxygen atoms in total. The molecule has 6 heteroatoms. The monoisotopic (exact) mass is 354 g/mol. The van der Waals surface area contributed by atoms with Crippen LogP contribution in [0.2, 0.25) is 0 Å². The molecule has 0 saturated carbocycles. The Hall–Kier alpha value is -1.40. The number of halogens is 1. The molecule has 1 aliphatic heterocycles. The molecular weight excluding hydrogens is 336 g/mol. The maximum atomic E-state index is 12.1. The third-order valence-corrected chi connectivity index (χ3v) is 4.17. The lowest BCUT2D eigenvalue weighted by Gasteiger charge is -2.31. The third-order valence-electron chi connectivity index (χ3n) is 3.64. The topological polar surface area (TPSA) is 69.6 Å². The van der Waals surface area contributed by atoms with Gasteiger partial charge in [-0.15, -0.1) is 0 Å². The van der Waals surface area contributed by atoms with Gasteiger partial charge in [-0.05, 0) is 43.0 Å². The number of aliphatic hydroxyl groups is 1. The van der Waals surface area contributed by atoms with Crippen LogP contribution >= 0.6 is 15.9 Å². The average molecular weight is 355 g/mol. The zero-order valence-electron chi connectivity index (χ0n) is 11.7. The highest BCUT2D eigenvalue weighted by Crippen LogP contribution is 2.15. The minimum absolute atomic E-state index is 0.00690. The lowest BCUT2D eigenvalue weighted by atomic mass is 9.99. The first-order valence-corrected chi connectivity index (χ1v) is 7.82. The average Bonchev–Trinajstić information content (AvgIpc) is 2.53. The Morgan fingerprint density at radius 2 is 2.05 bits per heavy atom. The molecule has 2 rings (SSSR count). The number of amides is 2. The van der Waals surface area contributed by atoms with Crippen LogP contribution in [0.4, 0.5) is 0 Å². The van der Waals surface area contributed by atoms with Crippen LogP contribution in [0.3, 0.4) is 0 Å². The molecule has 1 aromatic carbocycles. The highest BCUT2D eigenvalue weighted by molar-refractivity contribution is 9.10. The normalized spacial score (nSPS) is 18.4. The third kappa shape index (κ3) is 4.54. The molecule has 2 amide bonds. The lowest BCUT2D eigenvalue weighted by molar-refractivity contribution is -0.132. The molecule has 1 unspecified atom stereocenters. The van der Waals surface area contributed by atoms with Crippen LogP contribution in [0.25, 0.3) is 0 Å². The van der Waals surface area contributed by atoms with Gasteiger partial charge in [0.25, 0.3) is 5.91 Å². The van der Waals surface area contributed by atoms with Crippen molar-refractivity contribution in [1.82, 2.24) is 10.2 Å². The Balaban J connectivity index is 1.83.